The van der Waals surface area contributed by atoms with E-state index in [9.17, 15) is 9.59 Å². The minimum Gasteiger partial charge on any atom is -0.335 e. The fraction of sp³-hybridized carbons (Fsp3) is 0.231. The van der Waals surface area contributed by atoms with E-state index in [2.05, 4.69) is 4.98 Å². The second kappa shape index (κ2) is 10.0. The minimum absolute atomic E-state index is 0.00925. The van der Waals surface area contributed by atoms with Crippen molar-refractivity contribution < 1.29 is 4.79 Å². The highest BCUT2D eigenvalue weighted by molar-refractivity contribution is 7.99. The maximum Gasteiger partial charge on any atom is 0.267 e. The van der Waals surface area contributed by atoms with Crippen LogP contribution >= 0.6 is 11.8 Å². The molecule has 7 heteroatoms. The Labute approximate surface area is 197 Å². The Bertz CT molecular complexity index is 1340. The quantitative estimate of drug-likeness (QED) is 0.299. The molecule has 0 atom stereocenters. The summed E-state index contributed by atoms with van der Waals surface area (Å²) in [6, 6.07) is 21.0. The number of nitrogens with zero attached hydrogens (tertiary/aromatic N) is 4. The Kier molecular flexibility index (Phi) is 6.89. The second-order valence-electron chi connectivity index (χ2n) is 8.13. The van der Waals surface area contributed by atoms with Crippen molar-refractivity contribution in [3.63, 3.8) is 0 Å². The summed E-state index contributed by atoms with van der Waals surface area (Å²) in [7, 11) is 0. The summed E-state index contributed by atoms with van der Waals surface area (Å²) in [5, 5.41) is 0.970. The van der Waals surface area contributed by atoms with Gasteiger partial charge in [0, 0.05) is 18.8 Å². The first-order valence-electron chi connectivity index (χ1n) is 10.8. The molecule has 0 unspecified atom stereocenters. The number of aryl methyl sites for hydroxylation is 1. The number of para-hydroxylation sites is 1. The van der Waals surface area contributed by atoms with Gasteiger partial charge >= 0.3 is 0 Å². The number of thioether (sulfide) groups is 1. The fourth-order valence-electron chi connectivity index (χ4n) is 3.60. The Hall–Kier alpha value is -3.45. The van der Waals surface area contributed by atoms with Gasteiger partial charge in [0.25, 0.3) is 5.56 Å². The van der Waals surface area contributed by atoms with Crippen LogP contribution in [0.15, 0.2) is 82.9 Å². The lowest BCUT2D eigenvalue weighted by Crippen LogP contribution is -2.37. The fourth-order valence-corrected chi connectivity index (χ4v) is 4.49. The average molecular weight is 459 g/mol. The van der Waals surface area contributed by atoms with Crippen LogP contribution in [0.5, 0.6) is 0 Å². The number of pyridine rings is 1. The minimum atomic E-state index is -0.196. The lowest BCUT2D eigenvalue weighted by atomic mass is 10.2. The highest BCUT2D eigenvalue weighted by atomic mass is 32.2. The third-order valence-electron chi connectivity index (χ3n) is 5.34. The molecule has 0 aliphatic rings. The van der Waals surface area contributed by atoms with Gasteiger partial charge in [0.05, 0.1) is 16.7 Å². The van der Waals surface area contributed by atoms with Crippen LogP contribution in [0, 0.1) is 6.92 Å². The van der Waals surface area contributed by atoms with E-state index < -0.39 is 0 Å². The lowest BCUT2D eigenvalue weighted by molar-refractivity contribution is -0.130. The number of hydrogen-bond donors (Lipinski definition) is 0. The van der Waals surface area contributed by atoms with Gasteiger partial charge in [-0.1, -0.05) is 54.2 Å². The molecule has 0 saturated carbocycles. The molecule has 0 fully saturated rings. The summed E-state index contributed by atoms with van der Waals surface area (Å²) in [4.78, 5) is 37.5. The SMILES string of the molecule is Cc1ccnc(-n2c(SCC(=O)N(Cc3ccccc3)C(C)C)nc3ccccc3c2=O)c1. The summed E-state index contributed by atoms with van der Waals surface area (Å²) >= 11 is 1.26. The first kappa shape index (κ1) is 22.7. The van der Waals surface area contributed by atoms with E-state index in [1.165, 1.54) is 16.3 Å². The largest absolute Gasteiger partial charge is 0.335 e. The highest BCUT2D eigenvalue weighted by Crippen LogP contribution is 2.22. The number of rotatable bonds is 7. The molecule has 2 heterocycles. The number of carbonyl (C=O) groups is 1. The molecule has 1 amide bonds. The zero-order valence-electron chi connectivity index (χ0n) is 18.9. The molecule has 4 rings (SSSR count). The number of fused-ring (bicyclic) bond motifs is 1. The van der Waals surface area contributed by atoms with Gasteiger partial charge in [-0.25, -0.2) is 14.5 Å². The number of amides is 1. The molecule has 168 valence electrons. The molecule has 2 aromatic heterocycles. The summed E-state index contributed by atoms with van der Waals surface area (Å²) in [6.07, 6.45) is 1.67. The standard InChI is InChI=1S/C26H26N4O2S/c1-18(2)29(16-20-9-5-4-6-10-20)24(31)17-33-26-28-22-12-8-7-11-21(22)25(32)30(26)23-15-19(3)13-14-27-23/h4-15,18H,16-17H2,1-3H3. The van der Waals surface area contributed by atoms with Crippen molar-refractivity contribution in [2.24, 2.45) is 0 Å². The van der Waals surface area contributed by atoms with Crippen molar-refractivity contribution in [1.82, 2.24) is 19.4 Å². The van der Waals surface area contributed by atoms with E-state index in [0.717, 1.165) is 11.1 Å². The predicted octanol–water partition coefficient (Wildman–Crippen LogP) is 4.62. The van der Waals surface area contributed by atoms with Crippen molar-refractivity contribution in [1.29, 1.82) is 0 Å². The zero-order valence-corrected chi connectivity index (χ0v) is 19.7. The molecule has 6 nitrogen and oxygen atoms in total. The molecule has 0 aliphatic carbocycles. The van der Waals surface area contributed by atoms with E-state index in [1.54, 1.807) is 12.3 Å². The van der Waals surface area contributed by atoms with Crippen molar-refractivity contribution in [3.8, 4) is 5.82 Å². The maximum atomic E-state index is 13.4. The Morgan fingerprint density at radius 3 is 2.52 bits per heavy atom. The van der Waals surface area contributed by atoms with Crippen LogP contribution in [0.4, 0.5) is 0 Å². The van der Waals surface area contributed by atoms with E-state index in [1.807, 2.05) is 86.3 Å². The van der Waals surface area contributed by atoms with Crippen LogP contribution in [0.2, 0.25) is 0 Å². The van der Waals surface area contributed by atoms with Crippen LogP contribution in [0.3, 0.4) is 0 Å². The van der Waals surface area contributed by atoms with Crippen molar-refractivity contribution in [2.75, 3.05) is 5.75 Å². The highest BCUT2D eigenvalue weighted by Gasteiger charge is 2.20. The Morgan fingerprint density at radius 2 is 1.79 bits per heavy atom. The monoisotopic (exact) mass is 458 g/mol. The van der Waals surface area contributed by atoms with Crippen LogP contribution in [-0.2, 0) is 11.3 Å². The average Bonchev–Trinajstić information content (AvgIpc) is 2.81. The molecule has 0 saturated heterocycles. The molecule has 33 heavy (non-hydrogen) atoms. The molecule has 2 aromatic carbocycles. The molecular formula is C26H26N4O2S. The normalized spacial score (nSPS) is 11.2. The van der Waals surface area contributed by atoms with Gasteiger partial charge < -0.3 is 4.90 Å². The van der Waals surface area contributed by atoms with E-state index in [4.69, 9.17) is 4.98 Å². The first-order valence-corrected chi connectivity index (χ1v) is 11.8. The second-order valence-corrected chi connectivity index (χ2v) is 9.08. The lowest BCUT2D eigenvalue weighted by Gasteiger charge is -2.27. The molecule has 0 N–H and O–H groups in total. The predicted molar refractivity (Wildman–Crippen MR) is 133 cm³/mol. The van der Waals surface area contributed by atoms with Gasteiger partial charge in [-0.2, -0.15) is 0 Å². The number of carbonyl (C=O) groups excluding carboxylic acids is 1. The Balaban J connectivity index is 1.67. The first-order chi connectivity index (χ1) is 15.9. The molecular weight excluding hydrogens is 432 g/mol. The zero-order chi connectivity index (χ0) is 23.4. The van der Waals surface area contributed by atoms with Crippen molar-refractivity contribution in [2.45, 2.75) is 38.5 Å². The molecule has 0 aliphatic heterocycles. The van der Waals surface area contributed by atoms with Crippen LogP contribution in [0.25, 0.3) is 16.7 Å². The third-order valence-corrected chi connectivity index (χ3v) is 6.26. The van der Waals surface area contributed by atoms with Crippen LogP contribution < -0.4 is 5.56 Å². The number of hydrogen-bond acceptors (Lipinski definition) is 5. The molecule has 0 radical (unpaired) electrons. The van der Waals surface area contributed by atoms with E-state index >= 15 is 0 Å². The topological polar surface area (TPSA) is 68.1 Å². The molecule has 0 bridgehead atoms. The van der Waals surface area contributed by atoms with Gasteiger partial charge in [0.2, 0.25) is 5.91 Å². The van der Waals surface area contributed by atoms with Gasteiger partial charge in [-0.15, -0.1) is 0 Å². The van der Waals surface area contributed by atoms with Crippen molar-refractivity contribution >= 4 is 28.6 Å². The number of aromatic nitrogens is 3. The third kappa shape index (κ3) is 5.14. The van der Waals surface area contributed by atoms with Gasteiger partial charge in [-0.05, 0) is 56.2 Å². The smallest absolute Gasteiger partial charge is 0.267 e. The van der Waals surface area contributed by atoms with Gasteiger partial charge in [-0.3, -0.25) is 9.59 Å². The summed E-state index contributed by atoms with van der Waals surface area (Å²) in [5.41, 5.74) is 2.47. The molecule has 0 spiro atoms. The van der Waals surface area contributed by atoms with Crippen molar-refractivity contribution in [3.05, 3.63) is 94.4 Å². The summed E-state index contributed by atoms with van der Waals surface area (Å²) < 4.78 is 1.50. The Morgan fingerprint density at radius 1 is 1.06 bits per heavy atom. The van der Waals surface area contributed by atoms with Crippen LogP contribution in [0.1, 0.15) is 25.0 Å². The van der Waals surface area contributed by atoms with E-state index in [0.29, 0.717) is 28.4 Å². The summed E-state index contributed by atoms with van der Waals surface area (Å²) in [6.45, 7) is 6.50. The van der Waals surface area contributed by atoms with Crippen LogP contribution in [-0.4, -0.2) is 37.1 Å². The van der Waals surface area contributed by atoms with Gasteiger partial charge in [0.15, 0.2) is 5.16 Å². The number of benzene rings is 2. The summed E-state index contributed by atoms with van der Waals surface area (Å²) in [5.74, 6) is 0.657. The van der Waals surface area contributed by atoms with E-state index in [-0.39, 0.29) is 23.3 Å². The van der Waals surface area contributed by atoms with Gasteiger partial charge in [0.1, 0.15) is 5.82 Å². The maximum absolute atomic E-state index is 13.4. The molecule has 4 aromatic rings.